The van der Waals surface area contributed by atoms with Crippen LogP contribution in [0.5, 0.6) is 0 Å². The number of hydrogen-bond donors (Lipinski definition) is 3. The summed E-state index contributed by atoms with van der Waals surface area (Å²) < 4.78 is 5.37. The van der Waals surface area contributed by atoms with E-state index in [1.165, 1.54) is 32.1 Å². The number of aliphatic imine (C=N–C) groups is 1. The highest BCUT2D eigenvalue weighted by Crippen LogP contribution is 2.11. The van der Waals surface area contributed by atoms with Crippen LogP contribution in [0.4, 0.5) is 0 Å². The number of carboxylic acids is 1. The molecule has 0 saturated carbocycles. The number of nitrogens with zero attached hydrogens (tertiary/aromatic N) is 3. The van der Waals surface area contributed by atoms with E-state index in [4.69, 9.17) is 20.8 Å². The molecule has 9 heteroatoms. The Morgan fingerprint density at radius 2 is 1.31 bits per heavy atom. The van der Waals surface area contributed by atoms with Gasteiger partial charge in [0.2, 0.25) is 12.2 Å². The van der Waals surface area contributed by atoms with Crippen LogP contribution in [0.3, 0.4) is 0 Å². The molecular weight excluding hydrogens is 494 g/mol. The number of ether oxygens (including phenoxy) is 1. The summed E-state index contributed by atoms with van der Waals surface area (Å²) in [5, 5.41) is 20.2. The van der Waals surface area contributed by atoms with Crippen LogP contribution in [0.1, 0.15) is 135 Å². The summed E-state index contributed by atoms with van der Waals surface area (Å²) in [6.07, 6.45) is 22.4. The van der Waals surface area contributed by atoms with Gasteiger partial charge in [0, 0.05) is 19.4 Å². The van der Waals surface area contributed by atoms with Gasteiger partial charge >= 0.3 is 11.9 Å². The molecule has 0 fully saturated rings. The first-order chi connectivity index (χ1) is 19.0. The maximum Gasteiger partial charge on any atom is 0.305 e. The summed E-state index contributed by atoms with van der Waals surface area (Å²) in [5.41, 5.74) is 5.61. The SMILES string of the molecule is CCCCCCCCCOC(=O)CCCCCCCN(CCCCCCCC(=O)O)CCCN/C(N)=N/C#N. The highest BCUT2D eigenvalue weighted by molar-refractivity contribution is 5.78. The topological polar surface area (TPSA) is 141 Å². The first-order valence-corrected chi connectivity index (χ1v) is 15.6. The fourth-order valence-electron chi connectivity index (χ4n) is 4.54. The van der Waals surface area contributed by atoms with E-state index in [1.54, 1.807) is 6.19 Å². The number of aliphatic carboxylic acids is 1. The van der Waals surface area contributed by atoms with Crippen LogP contribution in [0.2, 0.25) is 0 Å². The monoisotopic (exact) mass is 551 g/mol. The first kappa shape index (κ1) is 36.7. The first-order valence-electron chi connectivity index (χ1n) is 15.6. The molecule has 0 aliphatic carbocycles. The third-order valence-electron chi connectivity index (χ3n) is 6.86. The van der Waals surface area contributed by atoms with Crippen molar-refractivity contribution in [3.8, 4) is 6.19 Å². The normalized spacial score (nSPS) is 11.5. The van der Waals surface area contributed by atoms with Crippen LogP contribution in [0.15, 0.2) is 4.99 Å². The number of carboxylic acid groups (broad SMARTS) is 1. The minimum Gasteiger partial charge on any atom is -0.481 e. The summed E-state index contributed by atoms with van der Waals surface area (Å²) in [6.45, 7) is 6.50. The van der Waals surface area contributed by atoms with E-state index < -0.39 is 5.97 Å². The van der Waals surface area contributed by atoms with Crippen LogP contribution < -0.4 is 11.1 Å². The fourth-order valence-corrected chi connectivity index (χ4v) is 4.54. The Morgan fingerprint density at radius 3 is 1.90 bits per heavy atom. The molecule has 0 amide bonds. The Hall–Kier alpha value is -2.34. The van der Waals surface area contributed by atoms with Crippen LogP contribution >= 0.6 is 0 Å². The zero-order valence-corrected chi connectivity index (χ0v) is 24.8. The van der Waals surface area contributed by atoms with Crippen molar-refractivity contribution in [1.29, 1.82) is 5.26 Å². The Morgan fingerprint density at radius 1 is 0.795 bits per heavy atom. The van der Waals surface area contributed by atoms with E-state index in [0.29, 0.717) is 19.6 Å². The molecule has 4 N–H and O–H groups in total. The molecule has 39 heavy (non-hydrogen) atoms. The van der Waals surface area contributed by atoms with Gasteiger partial charge in [0.25, 0.3) is 0 Å². The lowest BCUT2D eigenvalue weighted by molar-refractivity contribution is -0.144. The molecule has 9 nitrogen and oxygen atoms in total. The Kier molecular flexibility index (Phi) is 26.9. The molecule has 0 aliphatic heterocycles. The fraction of sp³-hybridized carbons (Fsp3) is 0.867. The Bertz CT molecular complexity index is 666. The number of nitriles is 1. The second-order valence-corrected chi connectivity index (χ2v) is 10.5. The average Bonchev–Trinajstić information content (AvgIpc) is 2.90. The molecule has 0 unspecified atom stereocenters. The average molecular weight is 552 g/mol. The van der Waals surface area contributed by atoms with Gasteiger partial charge < -0.3 is 25.8 Å². The lowest BCUT2D eigenvalue weighted by Gasteiger charge is -2.22. The molecule has 0 radical (unpaired) electrons. The number of rotatable bonds is 28. The van der Waals surface area contributed by atoms with E-state index in [-0.39, 0.29) is 18.3 Å². The highest BCUT2D eigenvalue weighted by Gasteiger charge is 2.06. The number of hydrogen-bond acceptors (Lipinski definition) is 6. The van der Waals surface area contributed by atoms with Crippen LogP contribution in [0.25, 0.3) is 0 Å². The Balaban J connectivity index is 3.94. The van der Waals surface area contributed by atoms with Crippen molar-refractivity contribution in [2.75, 3.05) is 32.8 Å². The molecule has 0 aromatic carbocycles. The summed E-state index contributed by atoms with van der Waals surface area (Å²) in [5.74, 6) is -0.606. The van der Waals surface area contributed by atoms with Gasteiger partial charge in [-0.05, 0) is 58.2 Å². The largest absolute Gasteiger partial charge is 0.481 e. The predicted molar refractivity (Wildman–Crippen MR) is 158 cm³/mol. The molecular formula is C30H57N5O4. The van der Waals surface area contributed by atoms with E-state index >= 15 is 0 Å². The molecule has 0 aromatic heterocycles. The van der Waals surface area contributed by atoms with Crippen molar-refractivity contribution in [1.82, 2.24) is 10.2 Å². The molecule has 0 aliphatic rings. The number of nitrogens with two attached hydrogens (primary N) is 1. The number of carbonyl (C=O) groups excluding carboxylic acids is 1. The predicted octanol–water partition coefficient (Wildman–Crippen LogP) is 6.12. The minimum atomic E-state index is -0.714. The number of esters is 1. The number of guanidine groups is 1. The molecule has 0 heterocycles. The van der Waals surface area contributed by atoms with Crippen molar-refractivity contribution >= 4 is 17.9 Å². The van der Waals surface area contributed by atoms with Gasteiger partial charge in [0.05, 0.1) is 6.61 Å². The van der Waals surface area contributed by atoms with Gasteiger partial charge in [-0.15, -0.1) is 4.99 Å². The van der Waals surface area contributed by atoms with Gasteiger partial charge in [0.1, 0.15) is 0 Å². The van der Waals surface area contributed by atoms with Gasteiger partial charge in [-0.1, -0.05) is 84.0 Å². The van der Waals surface area contributed by atoms with Gasteiger partial charge in [-0.25, -0.2) is 0 Å². The third kappa shape index (κ3) is 28.5. The zero-order chi connectivity index (χ0) is 28.8. The van der Waals surface area contributed by atoms with Crippen molar-refractivity contribution in [3.05, 3.63) is 0 Å². The van der Waals surface area contributed by atoms with Crippen molar-refractivity contribution in [3.63, 3.8) is 0 Å². The maximum absolute atomic E-state index is 11.9. The summed E-state index contributed by atoms with van der Waals surface area (Å²) in [4.78, 5) is 28.5. The van der Waals surface area contributed by atoms with E-state index in [2.05, 4.69) is 22.1 Å². The van der Waals surface area contributed by atoms with Crippen LogP contribution in [0, 0.1) is 11.5 Å². The quantitative estimate of drug-likeness (QED) is 0.0347. The smallest absolute Gasteiger partial charge is 0.305 e. The number of unbranched alkanes of at least 4 members (excludes halogenated alkanes) is 14. The van der Waals surface area contributed by atoms with Crippen molar-refractivity contribution in [2.24, 2.45) is 10.7 Å². The van der Waals surface area contributed by atoms with E-state index in [9.17, 15) is 9.59 Å². The molecule has 0 aromatic rings. The lowest BCUT2D eigenvalue weighted by atomic mass is 10.1. The second-order valence-electron chi connectivity index (χ2n) is 10.5. The van der Waals surface area contributed by atoms with Crippen LogP contribution in [-0.2, 0) is 14.3 Å². The van der Waals surface area contributed by atoms with Crippen LogP contribution in [-0.4, -0.2) is 60.7 Å². The second kappa shape index (κ2) is 28.7. The summed E-state index contributed by atoms with van der Waals surface area (Å²) in [6, 6.07) is 0. The zero-order valence-electron chi connectivity index (χ0n) is 24.8. The standard InChI is InChI=1S/C30H57N5O4/c1-2-3-4-5-6-13-18-26-39-29(38)21-15-10-8-12-17-24-35(25-19-22-33-30(32)34-27-31)23-16-11-7-9-14-20-28(36)37/h2-26H2,1H3,(H,36,37)(H3,32,33,34). The summed E-state index contributed by atoms with van der Waals surface area (Å²) in [7, 11) is 0. The Labute approximate surface area is 237 Å². The highest BCUT2D eigenvalue weighted by atomic mass is 16.5. The molecule has 0 bridgehead atoms. The van der Waals surface area contributed by atoms with Crippen molar-refractivity contribution in [2.45, 2.75) is 135 Å². The van der Waals surface area contributed by atoms with E-state index in [1.807, 2.05) is 0 Å². The molecule has 0 rings (SSSR count). The van der Waals surface area contributed by atoms with E-state index in [0.717, 1.165) is 103 Å². The minimum absolute atomic E-state index is 0.0517. The molecule has 226 valence electrons. The van der Waals surface area contributed by atoms with Crippen molar-refractivity contribution < 1.29 is 19.4 Å². The lowest BCUT2D eigenvalue weighted by Crippen LogP contribution is -2.34. The molecule has 0 spiro atoms. The summed E-state index contributed by atoms with van der Waals surface area (Å²) >= 11 is 0. The number of nitrogens with one attached hydrogen (secondary N) is 1. The van der Waals surface area contributed by atoms with Gasteiger partial charge in [0.15, 0.2) is 0 Å². The number of carbonyl (C=O) groups is 2. The third-order valence-corrected chi connectivity index (χ3v) is 6.86. The molecule has 0 saturated heterocycles. The molecule has 0 atom stereocenters. The maximum atomic E-state index is 11.9. The van der Waals surface area contributed by atoms with Gasteiger partial charge in [-0.2, -0.15) is 5.26 Å². The van der Waals surface area contributed by atoms with Gasteiger partial charge in [-0.3, -0.25) is 9.59 Å².